The van der Waals surface area contributed by atoms with Crippen molar-refractivity contribution in [3.8, 4) is 10.6 Å². The Morgan fingerprint density at radius 1 is 1.13 bits per heavy atom. The number of carbonyl (C=O) groups excluding carboxylic acids is 1. The third kappa shape index (κ3) is 5.92. The number of hydrogen-bond acceptors (Lipinski definition) is 5. The van der Waals surface area contributed by atoms with Crippen LogP contribution in [-0.4, -0.2) is 53.9 Å². The van der Waals surface area contributed by atoms with Crippen LogP contribution in [0.3, 0.4) is 0 Å². The van der Waals surface area contributed by atoms with Crippen LogP contribution in [0.1, 0.15) is 16.8 Å². The molecule has 4 rings (SSSR count). The molecule has 31 heavy (non-hydrogen) atoms. The minimum absolute atomic E-state index is 0.0789. The van der Waals surface area contributed by atoms with E-state index in [-0.39, 0.29) is 12.3 Å². The van der Waals surface area contributed by atoms with Crippen LogP contribution in [0.25, 0.3) is 10.6 Å². The third-order valence-electron chi connectivity index (χ3n) is 5.56. The number of benzene rings is 2. The van der Waals surface area contributed by atoms with Gasteiger partial charge in [0, 0.05) is 54.4 Å². The number of hydrogen-bond donors (Lipinski definition) is 1. The highest BCUT2D eigenvalue weighted by Crippen LogP contribution is 2.25. The van der Waals surface area contributed by atoms with Gasteiger partial charge in [-0.3, -0.25) is 9.69 Å². The second-order valence-electron chi connectivity index (χ2n) is 8.10. The van der Waals surface area contributed by atoms with E-state index in [1.807, 2.05) is 24.4 Å². The number of rotatable bonds is 6. The fraction of sp³-hybridized carbons (Fsp3) is 0.333. The molecule has 1 saturated heterocycles. The lowest BCUT2D eigenvalue weighted by Gasteiger charge is -2.32. The van der Waals surface area contributed by atoms with Crippen LogP contribution in [0, 0.1) is 6.92 Å². The van der Waals surface area contributed by atoms with Crippen molar-refractivity contribution in [3.63, 3.8) is 0 Å². The lowest BCUT2D eigenvalue weighted by Crippen LogP contribution is -2.43. The number of aromatic nitrogens is 1. The summed E-state index contributed by atoms with van der Waals surface area (Å²) < 4.78 is 0. The fourth-order valence-corrected chi connectivity index (χ4v) is 4.72. The number of likely N-dealkylation sites (N-methyl/N-ethyl adjacent to an activating group) is 1. The first-order valence-electron chi connectivity index (χ1n) is 10.5. The average Bonchev–Trinajstić information content (AvgIpc) is 3.21. The molecule has 7 heteroatoms. The summed E-state index contributed by atoms with van der Waals surface area (Å²) >= 11 is 7.56. The van der Waals surface area contributed by atoms with Crippen LogP contribution in [0.2, 0.25) is 5.02 Å². The molecule has 2 aromatic carbocycles. The smallest absolute Gasteiger partial charge is 0.230 e. The number of nitrogens with zero attached hydrogens (tertiary/aromatic N) is 3. The quantitative estimate of drug-likeness (QED) is 0.586. The van der Waals surface area contributed by atoms with Gasteiger partial charge in [0.15, 0.2) is 0 Å². The van der Waals surface area contributed by atoms with Gasteiger partial charge < -0.3 is 10.2 Å². The summed E-state index contributed by atoms with van der Waals surface area (Å²) in [7, 11) is 2.18. The Morgan fingerprint density at radius 3 is 2.58 bits per heavy atom. The maximum absolute atomic E-state index is 12.4. The Bertz CT molecular complexity index is 1040. The monoisotopic (exact) mass is 454 g/mol. The summed E-state index contributed by atoms with van der Waals surface area (Å²) in [6.07, 6.45) is 0.250. The summed E-state index contributed by atoms with van der Waals surface area (Å²) in [5.74, 6) is -0.0789. The summed E-state index contributed by atoms with van der Waals surface area (Å²) in [5, 5.41) is 6.51. The van der Waals surface area contributed by atoms with E-state index in [2.05, 4.69) is 51.4 Å². The highest BCUT2D eigenvalue weighted by Gasteiger charge is 2.14. The molecule has 1 fully saturated rings. The van der Waals surface area contributed by atoms with Crippen LogP contribution in [0.15, 0.2) is 47.8 Å². The molecule has 0 unspecified atom stereocenters. The molecule has 0 radical (unpaired) electrons. The van der Waals surface area contributed by atoms with Crippen molar-refractivity contribution in [3.05, 3.63) is 69.7 Å². The third-order valence-corrected chi connectivity index (χ3v) is 6.73. The Balaban J connectivity index is 1.34. The van der Waals surface area contributed by atoms with E-state index >= 15 is 0 Å². The van der Waals surface area contributed by atoms with Crippen LogP contribution in [-0.2, 0) is 17.8 Å². The number of piperazine rings is 1. The Labute approximate surface area is 192 Å². The molecule has 1 aliphatic heterocycles. The Kier molecular flexibility index (Phi) is 7.02. The first kappa shape index (κ1) is 22.0. The topological polar surface area (TPSA) is 48.5 Å². The standard InChI is InChI=1S/C24H27ClN4OS/c1-17-13-20(25)7-8-22(17)27-23(30)14-21-16-31-24(26-21)19-5-3-18(4-6-19)15-29-11-9-28(2)10-12-29/h3-8,13,16H,9-12,14-15H2,1-2H3,(H,27,30). The summed E-state index contributed by atoms with van der Waals surface area (Å²) in [5.41, 5.74) is 4.91. The summed E-state index contributed by atoms with van der Waals surface area (Å²) in [4.78, 5) is 22.0. The number of aryl methyl sites for hydroxylation is 1. The van der Waals surface area contributed by atoms with E-state index in [0.717, 1.165) is 60.2 Å². The number of amides is 1. The van der Waals surface area contributed by atoms with Gasteiger partial charge in [-0.1, -0.05) is 35.9 Å². The molecule has 5 nitrogen and oxygen atoms in total. The zero-order chi connectivity index (χ0) is 21.8. The number of nitrogens with one attached hydrogen (secondary N) is 1. The largest absolute Gasteiger partial charge is 0.326 e. The second kappa shape index (κ2) is 9.92. The van der Waals surface area contributed by atoms with Gasteiger partial charge in [-0.15, -0.1) is 11.3 Å². The number of halogens is 1. The molecule has 3 aromatic rings. The van der Waals surface area contributed by atoms with Gasteiger partial charge >= 0.3 is 0 Å². The van der Waals surface area contributed by atoms with Gasteiger partial charge in [-0.2, -0.15) is 0 Å². The van der Waals surface area contributed by atoms with Crippen molar-refractivity contribution in [2.24, 2.45) is 0 Å². The van der Waals surface area contributed by atoms with Crippen LogP contribution in [0.5, 0.6) is 0 Å². The van der Waals surface area contributed by atoms with E-state index in [4.69, 9.17) is 11.6 Å². The second-order valence-corrected chi connectivity index (χ2v) is 9.40. The van der Waals surface area contributed by atoms with E-state index in [1.54, 1.807) is 17.4 Å². The van der Waals surface area contributed by atoms with Crippen molar-refractivity contribution in [1.29, 1.82) is 0 Å². The molecule has 0 bridgehead atoms. The molecule has 1 aliphatic rings. The van der Waals surface area contributed by atoms with Gasteiger partial charge in [0.2, 0.25) is 5.91 Å². The normalized spacial score (nSPS) is 15.2. The van der Waals surface area contributed by atoms with E-state index < -0.39 is 0 Å². The van der Waals surface area contributed by atoms with E-state index in [0.29, 0.717) is 5.02 Å². The van der Waals surface area contributed by atoms with Crippen molar-refractivity contribution < 1.29 is 4.79 Å². The summed E-state index contributed by atoms with van der Waals surface area (Å²) in [6.45, 7) is 7.41. The molecule has 2 heterocycles. The van der Waals surface area contributed by atoms with Gasteiger partial charge in [0.05, 0.1) is 12.1 Å². The predicted octanol–water partition coefficient (Wildman–Crippen LogP) is 4.70. The van der Waals surface area contributed by atoms with Gasteiger partial charge in [-0.25, -0.2) is 4.98 Å². The molecular weight excluding hydrogens is 428 g/mol. The summed E-state index contributed by atoms with van der Waals surface area (Å²) in [6, 6.07) is 14.1. The van der Waals surface area contributed by atoms with Crippen molar-refractivity contribution >= 4 is 34.5 Å². The molecule has 1 amide bonds. The van der Waals surface area contributed by atoms with Crippen LogP contribution in [0.4, 0.5) is 5.69 Å². The van der Waals surface area contributed by atoms with Crippen LogP contribution < -0.4 is 5.32 Å². The average molecular weight is 455 g/mol. The molecule has 0 atom stereocenters. The zero-order valence-electron chi connectivity index (χ0n) is 17.9. The van der Waals surface area contributed by atoms with Crippen molar-refractivity contribution in [2.45, 2.75) is 19.9 Å². The van der Waals surface area contributed by atoms with Gasteiger partial charge in [0.25, 0.3) is 0 Å². The maximum atomic E-state index is 12.4. The highest BCUT2D eigenvalue weighted by molar-refractivity contribution is 7.13. The minimum atomic E-state index is -0.0789. The predicted molar refractivity (Wildman–Crippen MR) is 129 cm³/mol. The Hall–Kier alpha value is -2.25. The zero-order valence-corrected chi connectivity index (χ0v) is 19.5. The fourth-order valence-electron chi connectivity index (χ4n) is 3.66. The van der Waals surface area contributed by atoms with Gasteiger partial charge in [0.1, 0.15) is 5.01 Å². The first-order valence-corrected chi connectivity index (χ1v) is 11.7. The first-order chi connectivity index (χ1) is 15.0. The molecule has 1 N–H and O–H groups in total. The maximum Gasteiger partial charge on any atom is 0.230 e. The van der Waals surface area contributed by atoms with Crippen LogP contribution >= 0.6 is 22.9 Å². The molecule has 162 valence electrons. The molecule has 0 aliphatic carbocycles. The molecular formula is C24H27ClN4OS. The minimum Gasteiger partial charge on any atom is -0.326 e. The molecule has 1 aromatic heterocycles. The lowest BCUT2D eigenvalue weighted by atomic mass is 10.1. The number of carbonyl (C=O) groups is 1. The molecule has 0 saturated carbocycles. The number of thiazole rings is 1. The lowest BCUT2D eigenvalue weighted by molar-refractivity contribution is -0.115. The SMILES string of the molecule is Cc1cc(Cl)ccc1NC(=O)Cc1csc(-c2ccc(CN3CCN(C)CC3)cc2)n1. The molecule has 0 spiro atoms. The van der Waals surface area contributed by atoms with Crippen molar-refractivity contribution in [1.82, 2.24) is 14.8 Å². The van der Waals surface area contributed by atoms with Gasteiger partial charge in [-0.05, 0) is 43.3 Å². The van der Waals surface area contributed by atoms with E-state index in [9.17, 15) is 4.79 Å². The number of anilines is 1. The highest BCUT2D eigenvalue weighted by atomic mass is 35.5. The van der Waals surface area contributed by atoms with Crippen molar-refractivity contribution in [2.75, 3.05) is 38.5 Å². The Morgan fingerprint density at radius 2 is 1.87 bits per heavy atom. The van der Waals surface area contributed by atoms with E-state index in [1.165, 1.54) is 5.56 Å².